The summed E-state index contributed by atoms with van der Waals surface area (Å²) >= 11 is 6.01. The number of benzene rings is 1. The van der Waals surface area contributed by atoms with Crippen LogP contribution in [0, 0.1) is 5.92 Å². The monoisotopic (exact) mass is 297 g/mol. The van der Waals surface area contributed by atoms with E-state index in [9.17, 15) is 9.59 Å². The van der Waals surface area contributed by atoms with E-state index in [0.717, 1.165) is 5.56 Å². The molecule has 0 aliphatic carbocycles. The number of aryl methyl sites for hydroxylation is 1. The topological polar surface area (TPSA) is 75.6 Å². The standard InChI is InChI=1S/C14H16ClNO4/c15-11-4-2-1-3-9(11)5-6-13(17)16-12-8-20-7-10(12)14(18)19/h1-4,10,12H,5-8H2,(H,16,17)(H,18,19). The fraction of sp³-hybridized carbons (Fsp3) is 0.429. The molecule has 0 radical (unpaired) electrons. The third-order valence-electron chi connectivity index (χ3n) is 3.32. The van der Waals surface area contributed by atoms with Gasteiger partial charge in [0.15, 0.2) is 0 Å². The number of carboxylic acid groups (broad SMARTS) is 1. The first-order valence-electron chi connectivity index (χ1n) is 6.41. The van der Waals surface area contributed by atoms with E-state index >= 15 is 0 Å². The molecule has 1 saturated heterocycles. The predicted octanol–water partition coefficient (Wildman–Crippen LogP) is 1.49. The Balaban J connectivity index is 1.84. The molecular weight excluding hydrogens is 282 g/mol. The van der Waals surface area contributed by atoms with Crippen molar-refractivity contribution in [2.45, 2.75) is 18.9 Å². The molecule has 1 fully saturated rings. The SMILES string of the molecule is O=C(CCc1ccccc1Cl)NC1COCC1C(=O)O. The second-order valence-corrected chi connectivity index (χ2v) is 5.15. The summed E-state index contributed by atoms with van der Waals surface area (Å²) in [4.78, 5) is 22.8. The molecule has 1 aromatic rings. The molecule has 6 heteroatoms. The first-order valence-corrected chi connectivity index (χ1v) is 6.79. The Morgan fingerprint density at radius 2 is 2.10 bits per heavy atom. The molecule has 0 spiro atoms. The maximum absolute atomic E-state index is 11.8. The third-order valence-corrected chi connectivity index (χ3v) is 3.69. The van der Waals surface area contributed by atoms with Crippen LogP contribution in [-0.4, -0.2) is 36.2 Å². The summed E-state index contributed by atoms with van der Waals surface area (Å²) in [6.45, 7) is 0.388. The molecule has 20 heavy (non-hydrogen) atoms. The van der Waals surface area contributed by atoms with E-state index in [2.05, 4.69) is 5.32 Å². The summed E-state index contributed by atoms with van der Waals surface area (Å²) in [5, 5.41) is 12.3. The Hall–Kier alpha value is -1.59. The van der Waals surface area contributed by atoms with Crippen molar-refractivity contribution in [3.8, 4) is 0 Å². The zero-order valence-electron chi connectivity index (χ0n) is 10.8. The minimum atomic E-state index is -0.945. The lowest BCUT2D eigenvalue weighted by Gasteiger charge is -2.15. The molecule has 5 nitrogen and oxygen atoms in total. The van der Waals surface area contributed by atoms with E-state index in [1.165, 1.54) is 0 Å². The molecule has 2 N–H and O–H groups in total. The summed E-state index contributed by atoms with van der Waals surface area (Å²) in [6, 6.07) is 6.89. The number of aliphatic carboxylic acids is 1. The molecule has 2 atom stereocenters. The molecule has 108 valence electrons. The van der Waals surface area contributed by atoms with Gasteiger partial charge >= 0.3 is 5.97 Å². The van der Waals surface area contributed by atoms with E-state index < -0.39 is 17.9 Å². The summed E-state index contributed by atoms with van der Waals surface area (Å²) in [6.07, 6.45) is 0.795. The number of rotatable bonds is 5. The lowest BCUT2D eigenvalue weighted by atomic mass is 10.0. The quantitative estimate of drug-likeness (QED) is 0.863. The Morgan fingerprint density at radius 1 is 1.35 bits per heavy atom. The van der Waals surface area contributed by atoms with E-state index in [1.54, 1.807) is 6.07 Å². The number of nitrogens with one attached hydrogen (secondary N) is 1. The van der Waals surface area contributed by atoms with E-state index in [-0.39, 0.29) is 25.5 Å². The summed E-state index contributed by atoms with van der Waals surface area (Å²) in [5.41, 5.74) is 0.904. The van der Waals surface area contributed by atoms with Crippen LogP contribution in [0.3, 0.4) is 0 Å². The van der Waals surface area contributed by atoms with Gasteiger partial charge in [-0.3, -0.25) is 9.59 Å². The minimum Gasteiger partial charge on any atom is -0.481 e. The van der Waals surface area contributed by atoms with Gasteiger partial charge in [0.1, 0.15) is 5.92 Å². The molecule has 2 rings (SSSR count). The predicted molar refractivity (Wildman–Crippen MR) is 73.6 cm³/mol. The Morgan fingerprint density at radius 3 is 2.80 bits per heavy atom. The summed E-state index contributed by atoms with van der Waals surface area (Å²) in [5.74, 6) is -1.80. The fourth-order valence-corrected chi connectivity index (χ4v) is 2.40. The highest BCUT2D eigenvalue weighted by Gasteiger charge is 2.34. The number of carbonyl (C=O) groups is 2. The van der Waals surface area contributed by atoms with Gasteiger partial charge in [0.05, 0.1) is 19.3 Å². The lowest BCUT2D eigenvalue weighted by Crippen LogP contribution is -2.42. The van der Waals surface area contributed by atoms with Crippen LogP contribution in [0.2, 0.25) is 5.02 Å². The van der Waals surface area contributed by atoms with Gasteiger partial charge in [-0.15, -0.1) is 0 Å². The number of amides is 1. The zero-order chi connectivity index (χ0) is 14.5. The maximum Gasteiger partial charge on any atom is 0.311 e. The van der Waals surface area contributed by atoms with E-state index in [4.69, 9.17) is 21.4 Å². The lowest BCUT2D eigenvalue weighted by molar-refractivity contribution is -0.142. The maximum atomic E-state index is 11.8. The molecule has 2 unspecified atom stereocenters. The van der Waals surface area contributed by atoms with Crippen LogP contribution in [0.4, 0.5) is 0 Å². The molecule has 0 saturated carbocycles. The van der Waals surface area contributed by atoms with Gasteiger partial charge in [0.2, 0.25) is 5.91 Å². The third kappa shape index (κ3) is 3.71. The highest BCUT2D eigenvalue weighted by atomic mass is 35.5. The second-order valence-electron chi connectivity index (χ2n) is 4.75. The highest BCUT2D eigenvalue weighted by molar-refractivity contribution is 6.31. The van der Waals surface area contributed by atoms with Crippen LogP contribution in [0.25, 0.3) is 0 Å². The molecule has 0 aromatic heterocycles. The van der Waals surface area contributed by atoms with Gasteiger partial charge in [-0.05, 0) is 18.1 Å². The number of hydrogen-bond acceptors (Lipinski definition) is 3. The van der Waals surface area contributed by atoms with E-state index in [1.807, 2.05) is 18.2 Å². The minimum absolute atomic E-state index is 0.144. The first-order chi connectivity index (χ1) is 9.58. The fourth-order valence-electron chi connectivity index (χ4n) is 2.17. The van der Waals surface area contributed by atoms with Crippen molar-refractivity contribution >= 4 is 23.5 Å². The second kappa shape index (κ2) is 6.72. The van der Waals surface area contributed by atoms with Crippen LogP contribution in [0.15, 0.2) is 24.3 Å². The van der Waals surface area contributed by atoms with E-state index in [0.29, 0.717) is 11.4 Å². The summed E-state index contributed by atoms with van der Waals surface area (Å²) < 4.78 is 5.10. The highest BCUT2D eigenvalue weighted by Crippen LogP contribution is 2.17. The zero-order valence-corrected chi connectivity index (χ0v) is 11.6. The smallest absolute Gasteiger partial charge is 0.311 e. The molecule has 1 aliphatic heterocycles. The molecule has 1 aliphatic rings. The van der Waals surface area contributed by atoms with Gasteiger partial charge < -0.3 is 15.2 Å². The number of hydrogen-bond donors (Lipinski definition) is 2. The van der Waals surface area contributed by atoms with Crippen LogP contribution >= 0.6 is 11.6 Å². The normalized spacial score (nSPS) is 21.6. The van der Waals surface area contributed by atoms with Crippen molar-refractivity contribution in [1.82, 2.24) is 5.32 Å². The number of ether oxygens (including phenoxy) is 1. The van der Waals surface area contributed by atoms with Crippen molar-refractivity contribution in [2.24, 2.45) is 5.92 Å². The van der Waals surface area contributed by atoms with Crippen molar-refractivity contribution in [3.05, 3.63) is 34.9 Å². The van der Waals surface area contributed by atoms with Gasteiger partial charge in [-0.25, -0.2) is 0 Å². The van der Waals surface area contributed by atoms with Crippen molar-refractivity contribution in [3.63, 3.8) is 0 Å². The molecule has 0 bridgehead atoms. The molecule has 1 heterocycles. The van der Waals surface area contributed by atoms with Crippen molar-refractivity contribution in [2.75, 3.05) is 13.2 Å². The van der Waals surface area contributed by atoms with Crippen molar-refractivity contribution in [1.29, 1.82) is 0 Å². The Bertz CT molecular complexity index is 506. The largest absolute Gasteiger partial charge is 0.481 e. The van der Waals surface area contributed by atoms with Crippen LogP contribution in [0.1, 0.15) is 12.0 Å². The van der Waals surface area contributed by atoms with Crippen LogP contribution < -0.4 is 5.32 Å². The van der Waals surface area contributed by atoms with Crippen LogP contribution in [-0.2, 0) is 20.7 Å². The van der Waals surface area contributed by atoms with Crippen LogP contribution in [0.5, 0.6) is 0 Å². The number of carbonyl (C=O) groups excluding carboxylic acids is 1. The van der Waals surface area contributed by atoms with Gasteiger partial charge in [-0.1, -0.05) is 29.8 Å². The average Bonchev–Trinajstić information content (AvgIpc) is 2.86. The van der Waals surface area contributed by atoms with Crippen molar-refractivity contribution < 1.29 is 19.4 Å². The number of carboxylic acids is 1. The summed E-state index contributed by atoms with van der Waals surface area (Å²) in [7, 11) is 0. The number of halogens is 1. The van der Waals surface area contributed by atoms with Gasteiger partial charge in [0, 0.05) is 11.4 Å². The average molecular weight is 298 g/mol. The van der Waals surface area contributed by atoms with Gasteiger partial charge in [-0.2, -0.15) is 0 Å². The van der Waals surface area contributed by atoms with Gasteiger partial charge in [0.25, 0.3) is 0 Å². The first kappa shape index (κ1) is 14.8. The Labute approximate surface area is 121 Å². The Kier molecular flexibility index (Phi) is 4.98. The molecule has 1 amide bonds. The molecular formula is C14H16ClNO4. The molecule has 1 aromatic carbocycles.